The summed E-state index contributed by atoms with van der Waals surface area (Å²) in [4.78, 5) is 11.7. The van der Waals surface area contributed by atoms with Crippen LogP contribution in [-0.4, -0.2) is 11.4 Å². The van der Waals surface area contributed by atoms with Gasteiger partial charge in [-0.1, -0.05) is 38.5 Å². The molecule has 0 aliphatic rings. The number of rotatable bonds is 6. The molecule has 0 atom stereocenters. The zero-order valence-corrected chi connectivity index (χ0v) is 10.4. The Morgan fingerprint density at radius 2 is 2.07 bits per heavy atom. The third kappa shape index (κ3) is 6.10. The fourth-order valence-electron chi connectivity index (χ4n) is 1.34. The fraction of sp³-hybridized carbons (Fsp3) is 0.615. The Morgan fingerprint density at radius 3 is 2.53 bits per heavy atom. The van der Waals surface area contributed by atoms with Crippen molar-refractivity contribution in [2.24, 2.45) is 0 Å². The smallest absolute Gasteiger partial charge is 0.247 e. The maximum absolute atomic E-state index is 11.7. The van der Waals surface area contributed by atoms with Crippen molar-refractivity contribution in [2.75, 3.05) is 0 Å². The van der Waals surface area contributed by atoms with E-state index in [1.165, 1.54) is 0 Å². The van der Waals surface area contributed by atoms with E-state index in [2.05, 4.69) is 32.7 Å². The topological polar surface area (TPSA) is 29.1 Å². The van der Waals surface area contributed by atoms with E-state index in [9.17, 15) is 4.79 Å². The largest absolute Gasteiger partial charge is 0.347 e. The molecule has 2 nitrogen and oxygen atoms in total. The first-order valence-electron chi connectivity index (χ1n) is 5.55. The molecule has 1 N–H and O–H groups in total. The average molecular weight is 209 g/mol. The molecule has 0 unspecified atom stereocenters. The second-order valence-electron chi connectivity index (χ2n) is 4.53. The molecule has 15 heavy (non-hydrogen) atoms. The number of amides is 1. The van der Waals surface area contributed by atoms with Gasteiger partial charge < -0.3 is 5.32 Å². The van der Waals surface area contributed by atoms with Crippen molar-refractivity contribution in [3.8, 4) is 0 Å². The van der Waals surface area contributed by atoms with Gasteiger partial charge in [-0.15, -0.1) is 0 Å². The number of carbonyl (C=O) groups excluding carboxylic acids is 1. The maximum Gasteiger partial charge on any atom is 0.247 e. The normalized spacial score (nSPS) is 12.4. The van der Waals surface area contributed by atoms with Crippen molar-refractivity contribution < 1.29 is 4.79 Å². The number of nitrogens with one attached hydrogen (secondary N) is 1. The summed E-state index contributed by atoms with van der Waals surface area (Å²) < 4.78 is 0. The van der Waals surface area contributed by atoms with Crippen molar-refractivity contribution >= 4 is 5.91 Å². The molecular formula is C13H23NO. The molecule has 0 bridgehead atoms. The van der Waals surface area contributed by atoms with E-state index < -0.39 is 0 Å². The van der Waals surface area contributed by atoms with E-state index in [4.69, 9.17) is 0 Å². The monoisotopic (exact) mass is 209 g/mol. The van der Waals surface area contributed by atoms with Crippen LogP contribution in [0.15, 0.2) is 24.3 Å². The molecule has 0 aromatic rings. The second kappa shape index (κ2) is 6.44. The summed E-state index contributed by atoms with van der Waals surface area (Å²) in [6.45, 7) is 11.6. The molecule has 0 saturated heterocycles. The highest BCUT2D eigenvalue weighted by Gasteiger charge is 2.19. The first-order chi connectivity index (χ1) is 6.93. The molecule has 0 saturated carbocycles. The predicted molar refractivity (Wildman–Crippen MR) is 65.7 cm³/mol. The second-order valence-corrected chi connectivity index (χ2v) is 4.53. The van der Waals surface area contributed by atoms with Gasteiger partial charge in [0.2, 0.25) is 5.91 Å². The summed E-state index contributed by atoms with van der Waals surface area (Å²) in [6.07, 6.45) is 6.66. The minimum Gasteiger partial charge on any atom is -0.347 e. The van der Waals surface area contributed by atoms with E-state index in [0.717, 1.165) is 19.3 Å². The van der Waals surface area contributed by atoms with E-state index in [0.29, 0.717) is 5.57 Å². The lowest BCUT2D eigenvalue weighted by Gasteiger charge is -2.26. The van der Waals surface area contributed by atoms with E-state index in [1.54, 1.807) is 19.1 Å². The van der Waals surface area contributed by atoms with Gasteiger partial charge in [-0.25, -0.2) is 0 Å². The zero-order chi connectivity index (χ0) is 11.9. The summed E-state index contributed by atoms with van der Waals surface area (Å²) in [7, 11) is 0. The Balaban J connectivity index is 4.26. The van der Waals surface area contributed by atoms with Crippen molar-refractivity contribution in [3.63, 3.8) is 0 Å². The minimum atomic E-state index is -0.122. The molecule has 0 heterocycles. The molecule has 1 amide bonds. The van der Waals surface area contributed by atoms with Gasteiger partial charge in [-0.05, 0) is 27.2 Å². The molecule has 2 heteroatoms. The molecule has 86 valence electrons. The molecule has 0 aromatic carbocycles. The third-order valence-corrected chi connectivity index (χ3v) is 2.33. The van der Waals surface area contributed by atoms with Crippen LogP contribution in [0.2, 0.25) is 0 Å². The lowest BCUT2D eigenvalue weighted by atomic mass is 9.97. The van der Waals surface area contributed by atoms with Crippen LogP contribution in [0.1, 0.15) is 47.0 Å². The van der Waals surface area contributed by atoms with Crippen LogP contribution < -0.4 is 5.32 Å². The van der Waals surface area contributed by atoms with E-state index >= 15 is 0 Å². The molecular weight excluding hydrogens is 186 g/mol. The number of unbranched alkanes of at least 4 members (excludes halogenated alkanes) is 1. The molecule has 0 spiro atoms. The van der Waals surface area contributed by atoms with Crippen molar-refractivity contribution in [3.05, 3.63) is 24.3 Å². The van der Waals surface area contributed by atoms with Gasteiger partial charge in [0.15, 0.2) is 0 Å². The highest BCUT2D eigenvalue weighted by molar-refractivity contribution is 5.93. The van der Waals surface area contributed by atoms with E-state index in [-0.39, 0.29) is 11.4 Å². The minimum absolute atomic E-state index is 0.00370. The summed E-state index contributed by atoms with van der Waals surface area (Å²) in [5, 5.41) is 3.02. The molecule has 0 fully saturated rings. The number of allylic oxidation sites excluding steroid dienone is 2. The number of carbonyl (C=O) groups is 1. The van der Waals surface area contributed by atoms with Crippen LogP contribution in [-0.2, 0) is 4.79 Å². The quantitative estimate of drug-likeness (QED) is 0.528. The Labute approximate surface area is 93.5 Å². The highest BCUT2D eigenvalue weighted by Crippen LogP contribution is 2.13. The Hall–Kier alpha value is -1.05. The summed E-state index contributed by atoms with van der Waals surface area (Å²) in [5.41, 5.74) is 0.582. The summed E-state index contributed by atoms with van der Waals surface area (Å²) in [5.74, 6) is -0.00370. The van der Waals surface area contributed by atoms with Crippen molar-refractivity contribution in [1.82, 2.24) is 5.32 Å². The van der Waals surface area contributed by atoms with Crippen LogP contribution in [0, 0.1) is 0 Å². The average Bonchev–Trinajstić information content (AvgIpc) is 2.14. The van der Waals surface area contributed by atoms with Gasteiger partial charge in [0, 0.05) is 11.1 Å². The lowest BCUT2D eigenvalue weighted by Crippen LogP contribution is -2.43. The van der Waals surface area contributed by atoms with Crippen molar-refractivity contribution in [2.45, 2.75) is 52.5 Å². The third-order valence-electron chi connectivity index (χ3n) is 2.33. The SMILES string of the molecule is C=C/C=C(\C)C(=O)NC(C)(C)CCCC. The standard InChI is InChI=1S/C13H23NO/c1-6-8-10-13(4,5)14-12(15)11(3)9-7-2/h7,9H,2,6,8,10H2,1,3-5H3,(H,14,15)/b11-9+. The van der Waals surface area contributed by atoms with Crippen LogP contribution in [0.3, 0.4) is 0 Å². The molecule has 0 radical (unpaired) electrons. The predicted octanol–water partition coefficient (Wildman–Crippen LogP) is 3.20. The van der Waals surface area contributed by atoms with Gasteiger partial charge in [0.1, 0.15) is 0 Å². The van der Waals surface area contributed by atoms with Gasteiger partial charge >= 0.3 is 0 Å². The highest BCUT2D eigenvalue weighted by atomic mass is 16.1. The molecule has 0 rings (SSSR count). The van der Waals surface area contributed by atoms with Crippen LogP contribution in [0.25, 0.3) is 0 Å². The van der Waals surface area contributed by atoms with Gasteiger partial charge in [-0.3, -0.25) is 4.79 Å². The van der Waals surface area contributed by atoms with Gasteiger partial charge in [-0.2, -0.15) is 0 Å². The Morgan fingerprint density at radius 1 is 1.47 bits per heavy atom. The number of hydrogen-bond acceptors (Lipinski definition) is 1. The zero-order valence-electron chi connectivity index (χ0n) is 10.4. The van der Waals surface area contributed by atoms with Gasteiger partial charge in [0.25, 0.3) is 0 Å². The molecule has 0 aliphatic heterocycles. The summed E-state index contributed by atoms with van der Waals surface area (Å²) in [6, 6.07) is 0. The Kier molecular flexibility index (Phi) is 5.99. The number of hydrogen-bond donors (Lipinski definition) is 1. The van der Waals surface area contributed by atoms with Gasteiger partial charge in [0.05, 0.1) is 0 Å². The molecule has 0 aliphatic carbocycles. The first kappa shape index (κ1) is 13.9. The lowest BCUT2D eigenvalue weighted by molar-refractivity contribution is -0.119. The van der Waals surface area contributed by atoms with E-state index in [1.807, 2.05) is 0 Å². The molecule has 0 aromatic heterocycles. The van der Waals surface area contributed by atoms with Crippen molar-refractivity contribution in [1.29, 1.82) is 0 Å². The first-order valence-corrected chi connectivity index (χ1v) is 5.55. The fourth-order valence-corrected chi connectivity index (χ4v) is 1.34. The van der Waals surface area contributed by atoms with Crippen LogP contribution in [0.4, 0.5) is 0 Å². The van der Waals surface area contributed by atoms with Crippen LogP contribution >= 0.6 is 0 Å². The summed E-state index contributed by atoms with van der Waals surface area (Å²) >= 11 is 0. The van der Waals surface area contributed by atoms with Crippen LogP contribution in [0.5, 0.6) is 0 Å². The Bertz CT molecular complexity index is 251. The maximum atomic E-state index is 11.7.